The molecule has 2 aliphatic rings. The Balaban J connectivity index is 0.00000360. The first-order chi connectivity index (χ1) is 31.1. The Morgan fingerprint density at radius 1 is 0.667 bits per heavy atom. The second kappa shape index (κ2) is 22.3. The van der Waals surface area contributed by atoms with Crippen LogP contribution in [0.3, 0.4) is 0 Å². The topological polar surface area (TPSA) is 175 Å². The maximum Gasteiger partial charge on any atom is 0.407 e. The molecule has 3 unspecified atom stereocenters. The van der Waals surface area contributed by atoms with Crippen molar-refractivity contribution in [3.05, 3.63) is 133 Å². The molecule has 2 aliphatic heterocycles. The Hall–Kier alpha value is -6.29. The second-order valence-corrected chi connectivity index (χ2v) is 17.4. The van der Waals surface area contributed by atoms with Gasteiger partial charge in [0, 0.05) is 28.4 Å². The van der Waals surface area contributed by atoms with E-state index in [1.807, 2.05) is 73.5 Å². The first-order valence-corrected chi connectivity index (χ1v) is 22.4. The zero-order chi connectivity index (χ0) is 44.7. The average molecular weight is 954 g/mol. The summed E-state index contributed by atoms with van der Waals surface area (Å²) in [5.41, 5.74) is 6.36. The van der Waals surface area contributed by atoms with Crippen molar-refractivity contribution in [2.45, 2.75) is 73.5 Å². The summed E-state index contributed by atoms with van der Waals surface area (Å²) in [7, 11) is 2.57. The molecule has 0 bridgehead atoms. The van der Waals surface area contributed by atoms with Crippen LogP contribution >= 0.6 is 36.6 Å². The highest BCUT2D eigenvalue weighted by Crippen LogP contribution is 2.40. The van der Waals surface area contributed by atoms with Crippen molar-refractivity contribution in [2.75, 3.05) is 27.3 Å². The second-order valence-electron chi connectivity index (χ2n) is 16.3. The van der Waals surface area contributed by atoms with Gasteiger partial charge in [0.2, 0.25) is 5.91 Å². The van der Waals surface area contributed by atoms with Gasteiger partial charge in [-0.25, -0.2) is 19.6 Å². The predicted molar refractivity (Wildman–Crippen MR) is 258 cm³/mol. The highest BCUT2D eigenvalue weighted by atomic mass is 35.5. The number of ether oxygens (including phenoxy) is 2. The van der Waals surface area contributed by atoms with E-state index in [0.29, 0.717) is 30.3 Å². The Morgan fingerprint density at radius 3 is 1.76 bits per heavy atom. The van der Waals surface area contributed by atoms with Crippen LogP contribution in [-0.4, -0.2) is 87.1 Å². The van der Waals surface area contributed by atoms with Crippen molar-refractivity contribution in [1.82, 2.24) is 40.4 Å². The van der Waals surface area contributed by atoms with Gasteiger partial charge in [0.25, 0.3) is 5.91 Å². The van der Waals surface area contributed by atoms with E-state index in [1.54, 1.807) is 22.9 Å². The van der Waals surface area contributed by atoms with Crippen LogP contribution in [0.1, 0.15) is 74.9 Å². The Labute approximate surface area is 400 Å². The van der Waals surface area contributed by atoms with Crippen LogP contribution in [0.4, 0.5) is 9.59 Å². The number of carbonyl (C=O) groups excluding carboxylic acids is 4. The third-order valence-corrected chi connectivity index (χ3v) is 12.9. The Bertz CT molecular complexity index is 2590. The number of nitrogens with zero attached hydrogens (tertiary/aromatic N) is 4. The van der Waals surface area contributed by atoms with E-state index in [-0.39, 0.29) is 54.6 Å². The molecule has 4 amide bonds. The number of benzene rings is 4. The van der Waals surface area contributed by atoms with Gasteiger partial charge < -0.3 is 39.9 Å². The van der Waals surface area contributed by atoms with E-state index in [4.69, 9.17) is 19.4 Å². The van der Waals surface area contributed by atoms with Gasteiger partial charge in [-0.2, -0.15) is 0 Å². The maximum atomic E-state index is 14.0. The van der Waals surface area contributed by atoms with E-state index >= 15 is 0 Å². The molecule has 0 spiro atoms. The highest BCUT2D eigenvalue weighted by Gasteiger charge is 2.39. The first kappa shape index (κ1) is 49.2. The highest BCUT2D eigenvalue weighted by molar-refractivity contribution is 7.99. The number of halogens is 2. The minimum Gasteiger partial charge on any atom is -0.453 e. The molecule has 346 valence electrons. The SMILES string of the molecule is COC(=O)NC(C(=O)N1CCCC1c1ncc(-c2ccc(-c3ccc(-c4cnc(C5CCCN5C(=O)[C@@H](NC(=O)OC)C(C)C)[nH]4)cc3Sc3ccccc3)cc2)[nH]1)c1ccccc1.Cl.Cl. The minimum absolute atomic E-state index is 0. The maximum absolute atomic E-state index is 14.0. The number of methoxy groups -OCH3 is 2. The molecule has 0 saturated carbocycles. The van der Waals surface area contributed by atoms with E-state index in [9.17, 15) is 19.2 Å². The lowest BCUT2D eigenvalue weighted by atomic mass is 10.0. The number of aromatic nitrogens is 4. The standard InChI is InChI=1S/C49H52N8O6S.2ClH/c1-30(2)42(54-48(60)62-3)46(58)56-25-11-17-39(56)45-51-29-38(53-45)34-23-24-36(41(27-34)64-35-15-9-6-10-16-35)31-19-21-32(22-20-31)37-28-50-44(52-37)40-18-12-26-57(40)47(59)43(55-49(61)63-4)33-13-7-5-8-14-33;;/h5-10,13-16,19-24,27-30,39-40,42-43H,11-12,17-18,25-26H2,1-4H3,(H,50,52)(H,51,53)(H,54,60)(H,55,61);2*1H/t39?,40?,42-,43?;;/m0../s1. The molecule has 14 nitrogen and oxygen atoms in total. The number of hydrogen-bond donors (Lipinski definition) is 4. The summed E-state index contributed by atoms with van der Waals surface area (Å²) >= 11 is 1.68. The molecule has 4 atom stereocenters. The zero-order valence-corrected chi connectivity index (χ0v) is 39.5. The molecule has 2 fully saturated rings. The molecule has 4 aromatic carbocycles. The van der Waals surface area contributed by atoms with Crippen molar-refractivity contribution in [3.8, 4) is 33.6 Å². The Kier molecular flexibility index (Phi) is 16.6. The van der Waals surface area contributed by atoms with Gasteiger partial charge in [-0.05, 0) is 72.1 Å². The largest absolute Gasteiger partial charge is 0.453 e. The van der Waals surface area contributed by atoms with Crippen molar-refractivity contribution in [3.63, 3.8) is 0 Å². The first-order valence-electron chi connectivity index (χ1n) is 21.5. The lowest BCUT2D eigenvalue weighted by Gasteiger charge is -2.30. The molecule has 8 rings (SSSR count). The molecule has 6 aromatic rings. The molecule has 0 radical (unpaired) electrons. The fourth-order valence-corrected chi connectivity index (χ4v) is 9.58. The van der Waals surface area contributed by atoms with Crippen LogP contribution in [0.5, 0.6) is 0 Å². The van der Waals surface area contributed by atoms with Crippen LogP contribution in [0.15, 0.2) is 125 Å². The number of nitrogens with one attached hydrogen (secondary N) is 4. The number of likely N-dealkylation sites (tertiary alicyclic amines) is 2. The van der Waals surface area contributed by atoms with E-state index in [0.717, 1.165) is 69.1 Å². The fourth-order valence-electron chi connectivity index (χ4n) is 8.55. The molecular formula is C49H54Cl2N8O6S. The number of alkyl carbamates (subject to hydrolysis) is 2. The summed E-state index contributed by atoms with van der Waals surface area (Å²) in [5.74, 6) is 0.903. The summed E-state index contributed by atoms with van der Waals surface area (Å²) in [5, 5.41) is 5.44. The van der Waals surface area contributed by atoms with Crippen LogP contribution < -0.4 is 10.6 Å². The molecule has 0 aliphatic carbocycles. The van der Waals surface area contributed by atoms with Crippen molar-refractivity contribution in [2.24, 2.45) is 5.92 Å². The van der Waals surface area contributed by atoms with Crippen LogP contribution in [0, 0.1) is 5.92 Å². The van der Waals surface area contributed by atoms with Gasteiger partial charge in [0.1, 0.15) is 23.7 Å². The number of imidazole rings is 2. The summed E-state index contributed by atoms with van der Waals surface area (Å²) in [4.78, 5) is 74.5. The number of H-pyrrole nitrogens is 2. The fraction of sp³-hybridized carbons (Fsp3) is 0.306. The number of hydrogen-bond acceptors (Lipinski definition) is 9. The van der Waals surface area contributed by atoms with Gasteiger partial charge in [-0.15, -0.1) is 24.8 Å². The lowest BCUT2D eigenvalue weighted by Crippen LogP contribution is -2.51. The molecule has 2 aromatic heterocycles. The van der Waals surface area contributed by atoms with Gasteiger partial charge in [-0.1, -0.05) is 111 Å². The monoisotopic (exact) mass is 952 g/mol. The van der Waals surface area contributed by atoms with Crippen LogP contribution in [-0.2, 0) is 19.1 Å². The van der Waals surface area contributed by atoms with Crippen molar-refractivity contribution < 1.29 is 28.7 Å². The van der Waals surface area contributed by atoms with Crippen molar-refractivity contribution in [1.29, 1.82) is 0 Å². The van der Waals surface area contributed by atoms with Crippen LogP contribution in [0.2, 0.25) is 0 Å². The lowest BCUT2D eigenvalue weighted by molar-refractivity contribution is -0.135. The summed E-state index contributed by atoms with van der Waals surface area (Å²) in [6.45, 7) is 4.92. The molecule has 66 heavy (non-hydrogen) atoms. The summed E-state index contributed by atoms with van der Waals surface area (Å²) in [6, 6.07) is 32.0. The van der Waals surface area contributed by atoms with E-state index < -0.39 is 24.3 Å². The number of carbonyl (C=O) groups is 4. The minimum atomic E-state index is -0.894. The van der Waals surface area contributed by atoms with E-state index in [2.05, 4.69) is 75.2 Å². The van der Waals surface area contributed by atoms with Gasteiger partial charge in [-0.3, -0.25) is 9.59 Å². The number of rotatable bonds is 13. The summed E-state index contributed by atoms with van der Waals surface area (Å²) < 4.78 is 9.65. The van der Waals surface area contributed by atoms with Crippen LogP contribution in [0.25, 0.3) is 33.6 Å². The normalized spacial score (nSPS) is 16.4. The average Bonchev–Trinajstić information content (AvgIpc) is 4.18. The molecule has 2 saturated heterocycles. The molecule has 4 N–H and O–H groups in total. The van der Waals surface area contributed by atoms with Crippen molar-refractivity contribution >= 4 is 60.6 Å². The third-order valence-electron chi connectivity index (χ3n) is 11.9. The molecule has 17 heteroatoms. The third kappa shape index (κ3) is 10.9. The number of amides is 4. The summed E-state index contributed by atoms with van der Waals surface area (Å²) in [6.07, 6.45) is 5.46. The van der Waals surface area contributed by atoms with Gasteiger partial charge in [0.05, 0.1) is 50.1 Å². The molecule has 4 heterocycles. The van der Waals surface area contributed by atoms with Gasteiger partial charge in [0.15, 0.2) is 0 Å². The predicted octanol–water partition coefficient (Wildman–Crippen LogP) is 9.93. The van der Waals surface area contributed by atoms with E-state index in [1.165, 1.54) is 14.2 Å². The number of aromatic amines is 2. The quantitative estimate of drug-likeness (QED) is 0.0879. The molecular weight excluding hydrogens is 900 g/mol. The smallest absolute Gasteiger partial charge is 0.407 e. The Morgan fingerprint density at radius 2 is 1.18 bits per heavy atom. The van der Waals surface area contributed by atoms with Gasteiger partial charge >= 0.3 is 12.2 Å². The zero-order valence-electron chi connectivity index (χ0n) is 37.1.